The smallest absolute Gasteiger partial charge is 0.130 e. The van der Waals surface area contributed by atoms with Crippen molar-refractivity contribution in [1.82, 2.24) is 9.78 Å². The third-order valence-corrected chi connectivity index (χ3v) is 2.43. The molecule has 1 aromatic heterocycles. The molecule has 4 heteroatoms. The van der Waals surface area contributed by atoms with Crippen molar-refractivity contribution < 1.29 is 4.74 Å². The molecule has 0 aliphatic rings. The van der Waals surface area contributed by atoms with Crippen LogP contribution in [-0.4, -0.2) is 16.9 Å². The van der Waals surface area contributed by atoms with Crippen LogP contribution in [0.3, 0.4) is 0 Å². The van der Waals surface area contributed by atoms with Crippen molar-refractivity contribution in [3.8, 4) is 5.75 Å². The van der Waals surface area contributed by atoms with Gasteiger partial charge >= 0.3 is 0 Å². The highest BCUT2D eigenvalue weighted by Crippen LogP contribution is 2.27. The largest absolute Gasteiger partial charge is 0.497 e. The normalized spacial score (nSPS) is 11.2. The van der Waals surface area contributed by atoms with Crippen LogP contribution in [0.5, 0.6) is 5.75 Å². The van der Waals surface area contributed by atoms with Crippen molar-refractivity contribution in [1.29, 1.82) is 0 Å². The monoisotopic (exact) mass is 205 g/mol. The molecule has 0 aliphatic carbocycles. The van der Waals surface area contributed by atoms with E-state index in [1.807, 2.05) is 22.9 Å². The summed E-state index contributed by atoms with van der Waals surface area (Å²) >= 11 is 0. The molecule has 15 heavy (non-hydrogen) atoms. The van der Waals surface area contributed by atoms with Gasteiger partial charge in [0.1, 0.15) is 11.6 Å². The zero-order valence-electron chi connectivity index (χ0n) is 9.19. The Morgan fingerprint density at radius 3 is 2.73 bits per heavy atom. The summed E-state index contributed by atoms with van der Waals surface area (Å²) in [6.45, 7) is 4.11. The average molecular weight is 205 g/mol. The molecule has 1 heterocycles. The average Bonchev–Trinajstić information content (AvgIpc) is 2.56. The summed E-state index contributed by atoms with van der Waals surface area (Å²) < 4.78 is 6.98. The number of benzene rings is 1. The highest BCUT2D eigenvalue weighted by Gasteiger charge is 2.10. The van der Waals surface area contributed by atoms with E-state index in [0.717, 1.165) is 16.7 Å². The summed E-state index contributed by atoms with van der Waals surface area (Å²) in [5, 5.41) is 5.37. The molecule has 0 atom stereocenters. The minimum atomic E-state index is 0.267. The quantitative estimate of drug-likeness (QED) is 0.817. The number of nitrogens with two attached hydrogens (primary N) is 1. The molecular formula is C11H15N3O. The lowest BCUT2D eigenvalue weighted by atomic mass is 10.2. The van der Waals surface area contributed by atoms with Gasteiger partial charge < -0.3 is 10.5 Å². The van der Waals surface area contributed by atoms with Crippen molar-refractivity contribution in [2.75, 3.05) is 12.8 Å². The Morgan fingerprint density at radius 1 is 1.40 bits per heavy atom. The van der Waals surface area contributed by atoms with E-state index in [0.29, 0.717) is 5.82 Å². The number of nitrogens with zero attached hydrogens (tertiary/aromatic N) is 2. The van der Waals surface area contributed by atoms with Crippen molar-refractivity contribution in [2.45, 2.75) is 19.9 Å². The Balaban J connectivity index is 2.66. The summed E-state index contributed by atoms with van der Waals surface area (Å²) in [7, 11) is 1.64. The number of nitrogen functional groups attached to an aromatic ring is 1. The maximum Gasteiger partial charge on any atom is 0.130 e. The molecule has 0 unspecified atom stereocenters. The minimum absolute atomic E-state index is 0.267. The van der Waals surface area contributed by atoms with Gasteiger partial charge in [-0.15, -0.1) is 0 Å². The zero-order valence-corrected chi connectivity index (χ0v) is 9.19. The molecule has 80 valence electrons. The number of rotatable bonds is 2. The van der Waals surface area contributed by atoms with E-state index in [1.54, 1.807) is 7.11 Å². The van der Waals surface area contributed by atoms with E-state index in [-0.39, 0.29) is 6.04 Å². The highest BCUT2D eigenvalue weighted by molar-refractivity contribution is 5.90. The van der Waals surface area contributed by atoms with Gasteiger partial charge in [0, 0.05) is 11.4 Å². The number of ether oxygens (including phenoxy) is 1. The molecule has 0 saturated heterocycles. The third-order valence-electron chi connectivity index (χ3n) is 2.43. The second-order valence-corrected chi connectivity index (χ2v) is 3.81. The fourth-order valence-electron chi connectivity index (χ4n) is 1.62. The number of fused-ring (bicyclic) bond motifs is 1. The molecule has 1 aromatic carbocycles. The number of hydrogen-bond donors (Lipinski definition) is 1. The van der Waals surface area contributed by atoms with Crippen molar-refractivity contribution in [3.05, 3.63) is 18.2 Å². The summed E-state index contributed by atoms with van der Waals surface area (Å²) in [6, 6.07) is 5.99. The zero-order chi connectivity index (χ0) is 11.0. The number of hydrogen-bond acceptors (Lipinski definition) is 3. The van der Waals surface area contributed by atoms with Crippen molar-refractivity contribution in [2.24, 2.45) is 0 Å². The van der Waals surface area contributed by atoms with Crippen LogP contribution in [0.25, 0.3) is 10.9 Å². The molecular weight excluding hydrogens is 190 g/mol. The van der Waals surface area contributed by atoms with Crippen LogP contribution in [0.4, 0.5) is 5.82 Å². The van der Waals surface area contributed by atoms with Crippen LogP contribution >= 0.6 is 0 Å². The van der Waals surface area contributed by atoms with Crippen LogP contribution in [-0.2, 0) is 0 Å². The second-order valence-electron chi connectivity index (χ2n) is 3.81. The molecule has 0 amide bonds. The van der Waals surface area contributed by atoms with Gasteiger partial charge in [0.25, 0.3) is 0 Å². The van der Waals surface area contributed by atoms with Crippen LogP contribution < -0.4 is 10.5 Å². The molecule has 0 spiro atoms. The molecule has 2 aromatic rings. The Kier molecular flexibility index (Phi) is 2.26. The maximum atomic E-state index is 6.01. The van der Waals surface area contributed by atoms with Gasteiger partial charge in [-0.2, -0.15) is 5.10 Å². The predicted molar refractivity (Wildman–Crippen MR) is 61.1 cm³/mol. The maximum absolute atomic E-state index is 6.01. The topological polar surface area (TPSA) is 53.1 Å². The first-order chi connectivity index (χ1) is 7.13. The number of methoxy groups -OCH3 is 1. The summed E-state index contributed by atoms with van der Waals surface area (Å²) in [5.74, 6) is 1.50. The van der Waals surface area contributed by atoms with Crippen LogP contribution in [0.1, 0.15) is 19.9 Å². The SMILES string of the molecule is COc1ccc2nn(C(C)C)c(N)c2c1. The first-order valence-corrected chi connectivity index (χ1v) is 4.95. The Bertz CT molecular complexity index is 488. The molecule has 4 nitrogen and oxygen atoms in total. The van der Waals surface area contributed by atoms with Gasteiger partial charge in [-0.3, -0.25) is 0 Å². The highest BCUT2D eigenvalue weighted by atomic mass is 16.5. The lowest BCUT2D eigenvalue weighted by Gasteiger charge is -2.06. The van der Waals surface area contributed by atoms with Crippen molar-refractivity contribution >= 4 is 16.7 Å². The summed E-state index contributed by atoms with van der Waals surface area (Å²) in [6.07, 6.45) is 0. The lowest BCUT2D eigenvalue weighted by Crippen LogP contribution is -2.06. The van der Waals surface area contributed by atoms with Crippen LogP contribution in [0.15, 0.2) is 18.2 Å². The van der Waals surface area contributed by atoms with Gasteiger partial charge in [0.05, 0.1) is 12.6 Å². The Labute approximate surface area is 88.6 Å². The summed E-state index contributed by atoms with van der Waals surface area (Å²) in [4.78, 5) is 0. The van der Waals surface area contributed by atoms with Crippen LogP contribution in [0.2, 0.25) is 0 Å². The van der Waals surface area contributed by atoms with Gasteiger partial charge in [-0.1, -0.05) is 0 Å². The van der Waals surface area contributed by atoms with E-state index >= 15 is 0 Å². The lowest BCUT2D eigenvalue weighted by molar-refractivity contribution is 0.415. The number of aromatic nitrogens is 2. The first-order valence-electron chi connectivity index (χ1n) is 4.95. The molecule has 2 rings (SSSR count). The molecule has 0 radical (unpaired) electrons. The van der Waals surface area contributed by atoms with Gasteiger partial charge in [-0.05, 0) is 32.0 Å². The standard InChI is InChI=1S/C11H15N3O/c1-7(2)14-11(12)9-6-8(15-3)4-5-10(9)13-14/h4-7H,12H2,1-3H3. The molecule has 0 saturated carbocycles. The number of anilines is 1. The first kappa shape index (κ1) is 9.83. The van der Waals surface area contributed by atoms with E-state index in [1.165, 1.54) is 0 Å². The fraction of sp³-hybridized carbons (Fsp3) is 0.364. The van der Waals surface area contributed by atoms with Gasteiger partial charge in [-0.25, -0.2) is 4.68 Å². The van der Waals surface area contributed by atoms with Gasteiger partial charge in [0.2, 0.25) is 0 Å². The van der Waals surface area contributed by atoms with E-state index in [2.05, 4.69) is 18.9 Å². The molecule has 0 bridgehead atoms. The van der Waals surface area contributed by atoms with E-state index in [4.69, 9.17) is 10.5 Å². The van der Waals surface area contributed by atoms with Gasteiger partial charge in [0.15, 0.2) is 0 Å². The molecule has 0 aliphatic heterocycles. The minimum Gasteiger partial charge on any atom is -0.497 e. The Morgan fingerprint density at radius 2 is 2.13 bits per heavy atom. The fourth-order valence-corrected chi connectivity index (χ4v) is 1.62. The Hall–Kier alpha value is -1.71. The second kappa shape index (κ2) is 3.46. The predicted octanol–water partition coefficient (Wildman–Crippen LogP) is 2.21. The molecule has 2 N–H and O–H groups in total. The van der Waals surface area contributed by atoms with Crippen LogP contribution in [0, 0.1) is 0 Å². The summed E-state index contributed by atoms with van der Waals surface area (Å²) in [5.41, 5.74) is 6.91. The third kappa shape index (κ3) is 1.52. The van der Waals surface area contributed by atoms with Crippen molar-refractivity contribution in [3.63, 3.8) is 0 Å². The molecule has 0 fully saturated rings. The van der Waals surface area contributed by atoms with E-state index in [9.17, 15) is 0 Å². The van der Waals surface area contributed by atoms with E-state index < -0.39 is 0 Å².